The highest BCUT2D eigenvalue weighted by molar-refractivity contribution is 7.12. The Morgan fingerprint density at radius 1 is 1.15 bits per heavy atom. The van der Waals surface area contributed by atoms with E-state index in [9.17, 15) is 9.59 Å². The van der Waals surface area contributed by atoms with Gasteiger partial charge in [-0.15, -0.1) is 11.3 Å². The Kier molecular flexibility index (Phi) is 5.02. The molecule has 3 aliphatic heterocycles. The van der Waals surface area contributed by atoms with Crippen LogP contribution in [0.25, 0.3) is 0 Å². The summed E-state index contributed by atoms with van der Waals surface area (Å²) < 4.78 is 5.78. The van der Waals surface area contributed by atoms with Gasteiger partial charge in [0.05, 0.1) is 0 Å². The molecule has 1 N–H and O–H groups in total. The minimum Gasteiger partial charge on any atom is -0.447 e. The number of carbonyl (C=O) groups is 2. The number of hydrogen-bond donors (Lipinski definition) is 1. The van der Waals surface area contributed by atoms with Gasteiger partial charge < -0.3 is 10.1 Å². The quantitative estimate of drug-likeness (QED) is 0.793. The van der Waals surface area contributed by atoms with Crippen molar-refractivity contribution in [3.05, 3.63) is 46.8 Å². The lowest BCUT2D eigenvalue weighted by Gasteiger charge is -2.49. The summed E-state index contributed by atoms with van der Waals surface area (Å²) >= 11 is 1.39. The van der Waals surface area contributed by atoms with Crippen LogP contribution in [0.15, 0.2) is 35.7 Å². The second-order valence-electron chi connectivity index (χ2n) is 7.45. The number of rotatable bonds is 5. The molecule has 1 aromatic heterocycles. The van der Waals surface area contributed by atoms with Crippen molar-refractivity contribution in [1.82, 2.24) is 10.2 Å². The summed E-state index contributed by atoms with van der Waals surface area (Å²) in [6.45, 7) is 6.05. The molecule has 27 heavy (non-hydrogen) atoms. The van der Waals surface area contributed by atoms with Gasteiger partial charge in [0.15, 0.2) is 10.8 Å². The first-order valence-corrected chi connectivity index (χ1v) is 10.3. The summed E-state index contributed by atoms with van der Waals surface area (Å²) in [5.41, 5.74) is 1.29. The molecule has 5 nitrogen and oxygen atoms in total. The number of benzene rings is 1. The zero-order valence-corrected chi connectivity index (χ0v) is 16.4. The average Bonchev–Trinajstić information content (AvgIpc) is 3.14. The van der Waals surface area contributed by atoms with E-state index in [1.165, 1.54) is 31.1 Å². The first-order chi connectivity index (χ1) is 13.0. The van der Waals surface area contributed by atoms with Gasteiger partial charge >= 0.3 is 0 Å². The molecule has 1 aromatic carbocycles. The van der Waals surface area contributed by atoms with Crippen LogP contribution in [0, 0.1) is 5.92 Å². The molecule has 0 aliphatic carbocycles. The highest BCUT2D eigenvalue weighted by Gasteiger charge is 2.40. The van der Waals surface area contributed by atoms with Crippen molar-refractivity contribution in [3.63, 3.8) is 0 Å². The predicted octanol–water partition coefficient (Wildman–Crippen LogP) is 3.96. The molecular formula is C21H24N2O3S. The van der Waals surface area contributed by atoms with E-state index in [1.807, 2.05) is 0 Å². The average molecular weight is 385 g/mol. The zero-order chi connectivity index (χ0) is 19.0. The number of ketones is 1. The van der Waals surface area contributed by atoms with Crippen molar-refractivity contribution in [2.24, 2.45) is 5.92 Å². The molecule has 4 heterocycles. The Morgan fingerprint density at radius 2 is 1.85 bits per heavy atom. The maximum Gasteiger partial charge on any atom is 0.251 e. The molecule has 2 bridgehead atoms. The molecule has 5 rings (SSSR count). The van der Waals surface area contributed by atoms with E-state index < -0.39 is 0 Å². The first-order valence-electron chi connectivity index (χ1n) is 9.43. The van der Waals surface area contributed by atoms with Crippen LogP contribution in [0.2, 0.25) is 0 Å². The number of carbonyl (C=O) groups excluding carboxylic acids is 2. The van der Waals surface area contributed by atoms with Gasteiger partial charge in [0.1, 0.15) is 5.75 Å². The van der Waals surface area contributed by atoms with Gasteiger partial charge in [0, 0.05) is 34.7 Å². The third-order valence-corrected chi connectivity index (χ3v) is 6.60. The Hall–Kier alpha value is -2.18. The molecule has 2 unspecified atom stereocenters. The first kappa shape index (κ1) is 18.2. The Balaban J connectivity index is 1.39. The van der Waals surface area contributed by atoms with Gasteiger partial charge in [-0.05, 0) is 70.0 Å². The molecule has 3 fully saturated rings. The van der Waals surface area contributed by atoms with E-state index in [4.69, 9.17) is 4.74 Å². The van der Waals surface area contributed by atoms with Crippen LogP contribution in [-0.2, 0) is 0 Å². The lowest BCUT2D eigenvalue weighted by Crippen LogP contribution is -2.62. The second kappa shape index (κ2) is 7.44. The van der Waals surface area contributed by atoms with Crippen molar-refractivity contribution in [2.75, 3.05) is 13.1 Å². The van der Waals surface area contributed by atoms with E-state index in [-0.39, 0.29) is 17.7 Å². The van der Waals surface area contributed by atoms with Crippen LogP contribution < -0.4 is 10.1 Å². The van der Waals surface area contributed by atoms with Crippen molar-refractivity contribution >= 4 is 23.0 Å². The van der Waals surface area contributed by atoms with Gasteiger partial charge in [0.2, 0.25) is 0 Å². The standard InChI is InChI=1S/C21H24N2O3S/c1-13-20(15-7-9-23(13)10-8-15)22-21(25)16-3-5-18(6-4-16)26-19-11-17(12-27-19)14(2)24/h3-6,11-13,15,20H,7-10H2,1-2H3,(H,22,25). The predicted molar refractivity (Wildman–Crippen MR) is 106 cm³/mol. The Bertz CT molecular complexity index is 835. The summed E-state index contributed by atoms with van der Waals surface area (Å²) in [7, 11) is 0. The van der Waals surface area contributed by atoms with Gasteiger partial charge in [-0.2, -0.15) is 0 Å². The zero-order valence-electron chi connectivity index (χ0n) is 15.6. The maximum atomic E-state index is 12.7. The molecule has 142 valence electrons. The van der Waals surface area contributed by atoms with Crippen molar-refractivity contribution in [1.29, 1.82) is 0 Å². The topological polar surface area (TPSA) is 58.6 Å². The van der Waals surface area contributed by atoms with Gasteiger partial charge in [-0.25, -0.2) is 0 Å². The molecule has 2 aromatic rings. The molecule has 2 atom stereocenters. The summed E-state index contributed by atoms with van der Waals surface area (Å²) in [6, 6.07) is 9.53. The number of ether oxygens (including phenoxy) is 1. The van der Waals surface area contributed by atoms with E-state index >= 15 is 0 Å². The molecule has 3 saturated heterocycles. The molecule has 0 spiro atoms. The number of fused-ring (bicyclic) bond motifs is 3. The van der Waals surface area contributed by atoms with Crippen LogP contribution >= 0.6 is 11.3 Å². The largest absolute Gasteiger partial charge is 0.447 e. The van der Waals surface area contributed by atoms with Crippen LogP contribution in [0.4, 0.5) is 0 Å². The minimum absolute atomic E-state index is 0.0232. The van der Waals surface area contributed by atoms with Gasteiger partial charge in [0.25, 0.3) is 5.91 Å². The molecule has 3 aliphatic rings. The summed E-state index contributed by atoms with van der Waals surface area (Å²) in [6.07, 6.45) is 2.34. The SMILES string of the molecule is CC(=O)c1csc(Oc2ccc(C(=O)NC3C4CCN(CC4)C3C)cc2)c1. The normalized spacial score (nSPS) is 26.6. The van der Waals surface area contributed by atoms with Crippen molar-refractivity contribution < 1.29 is 14.3 Å². The lowest BCUT2D eigenvalue weighted by molar-refractivity contribution is 0.0217. The van der Waals surface area contributed by atoms with Crippen LogP contribution in [-0.4, -0.2) is 41.8 Å². The molecule has 0 radical (unpaired) electrons. The van der Waals surface area contributed by atoms with Gasteiger partial charge in [-0.3, -0.25) is 14.5 Å². The monoisotopic (exact) mass is 384 g/mol. The van der Waals surface area contributed by atoms with Crippen LogP contribution in [0.3, 0.4) is 0 Å². The third kappa shape index (κ3) is 3.77. The minimum atomic E-state index is -0.0258. The van der Waals surface area contributed by atoms with E-state index in [1.54, 1.807) is 35.7 Å². The lowest BCUT2D eigenvalue weighted by atomic mass is 9.79. The second-order valence-corrected chi connectivity index (χ2v) is 8.32. The number of nitrogens with zero attached hydrogens (tertiary/aromatic N) is 1. The van der Waals surface area contributed by atoms with Crippen molar-refractivity contribution in [3.8, 4) is 10.8 Å². The third-order valence-electron chi connectivity index (χ3n) is 5.79. The number of nitrogens with one attached hydrogen (secondary N) is 1. The number of amides is 1. The molecular weight excluding hydrogens is 360 g/mol. The van der Waals surface area contributed by atoms with Crippen molar-refractivity contribution in [2.45, 2.75) is 38.8 Å². The fourth-order valence-corrected chi connectivity index (χ4v) is 4.94. The van der Waals surface area contributed by atoms with Crippen LogP contribution in [0.1, 0.15) is 47.4 Å². The van der Waals surface area contributed by atoms with E-state index in [0.717, 1.165) is 13.1 Å². The molecule has 0 saturated carbocycles. The maximum absolute atomic E-state index is 12.7. The smallest absolute Gasteiger partial charge is 0.251 e. The molecule has 6 heteroatoms. The summed E-state index contributed by atoms with van der Waals surface area (Å²) in [4.78, 5) is 26.5. The fourth-order valence-electron chi connectivity index (χ4n) is 4.13. The number of piperidine rings is 3. The van der Waals surface area contributed by atoms with Crippen LogP contribution in [0.5, 0.6) is 10.8 Å². The number of hydrogen-bond acceptors (Lipinski definition) is 5. The summed E-state index contributed by atoms with van der Waals surface area (Å²) in [5, 5.41) is 5.70. The van der Waals surface area contributed by atoms with E-state index in [0.29, 0.717) is 33.9 Å². The number of Topliss-reactive ketones (excluding diaryl/α,β-unsaturated/α-hetero) is 1. The van der Waals surface area contributed by atoms with E-state index in [2.05, 4.69) is 17.1 Å². The highest BCUT2D eigenvalue weighted by atomic mass is 32.1. The Morgan fingerprint density at radius 3 is 2.44 bits per heavy atom. The van der Waals surface area contributed by atoms with Gasteiger partial charge in [-0.1, -0.05) is 0 Å². The highest BCUT2D eigenvalue weighted by Crippen LogP contribution is 2.32. The fraction of sp³-hybridized carbons (Fsp3) is 0.429. The summed E-state index contributed by atoms with van der Waals surface area (Å²) in [5.74, 6) is 1.24. The Labute approximate surface area is 163 Å². The molecule has 1 amide bonds. The number of thiophene rings is 1.